The van der Waals surface area contributed by atoms with Crippen LogP contribution in [0.15, 0.2) is 0 Å². The van der Waals surface area contributed by atoms with Crippen molar-refractivity contribution in [2.24, 2.45) is 0 Å². The van der Waals surface area contributed by atoms with Gasteiger partial charge in [0, 0.05) is 19.4 Å². The van der Waals surface area contributed by atoms with E-state index in [2.05, 4.69) is 32.6 Å². The molecule has 2 N–H and O–H groups in total. The van der Waals surface area contributed by atoms with Crippen molar-refractivity contribution in [1.29, 1.82) is 0 Å². The van der Waals surface area contributed by atoms with Crippen LogP contribution in [0.3, 0.4) is 0 Å². The van der Waals surface area contributed by atoms with E-state index in [4.69, 9.17) is 10.5 Å². The fourth-order valence-corrected chi connectivity index (χ4v) is 2.27. The molecule has 0 aromatic carbocycles. The lowest BCUT2D eigenvalue weighted by Gasteiger charge is -2.11. The predicted octanol–water partition coefficient (Wildman–Crippen LogP) is 2.12. The van der Waals surface area contributed by atoms with Crippen molar-refractivity contribution >= 4 is 28.4 Å². The van der Waals surface area contributed by atoms with E-state index in [0.717, 1.165) is 21.5 Å². The number of nitrogens with zero attached hydrogens (tertiary/aromatic N) is 2. The van der Waals surface area contributed by atoms with Gasteiger partial charge in [-0.05, 0) is 42.4 Å². The number of rotatable bonds is 4. The van der Waals surface area contributed by atoms with Gasteiger partial charge in [0.2, 0.25) is 0 Å². The lowest BCUT2D eigenvalue weighted by Crippen LogP contribution is -2.14. The molecule has 1 saturated carbocycles. The van der Waals surface area contributed by atoms with Gasteiger partial charge in [-0.3, -0.25) is 0 Å². The van der Waals surface area contributed by atoms with E-state index in [-0.39, 0.29) is 6.10 Å². The van der Waals surface area contributed by atoms with Crippen LogP contribution in [0.25, 0.3) is 0 Å². The average Bonchev–Trinajstić information content (AvgIpc) is 3.06. The molecule has 1 aromatic heterocycles. The van der Waals surface area contributed by atoms with E-state index in [0.29, 0.717) is 11.7 Å². The second-order valence-electron chi connectivity index (χ2n) is 4.25. The lowest BCUT2D eigenvalue weighted by atomic mass is 10.2. The van der Waals surface area contributed by atoms with Crippen LogP contribution in [0.2, 0.25) is 0 Å². The summed E-state index contributed by atoms with van der Waals surface area (Å²) in [4.78, 5) is 8.92. The third-order valence-electron chi connectivity index (χ3n) is 2.79. The number of methoxy groups -OCH3 is 1. The number of ether oxygens (including phenoxy) is 1. The van der Waals surface area contributed by atoms with Crippen LogP contribution in [-0.2, 0) is 11.2 Å². The standard InChI is InChI=1S/C11H16IN3O/c1-6(16-2)5-8-14-10(7-3-4-7)9(12)11(13)15-8/h6-7H,3-5H2,1-2H3,(H2,13,14,15). The van der Waals surface area contributed by atoms with E-state index in [1.54, 1.807) is 7.11 Å². The Bertz CT molecular complexity index is 393. The molecule has 2 rings (SSSR count). The van der Waals surface area contributed by atoms with E-state index in [1.165, 1.54) is 12.8 Å². The van der Waals surface area contributed by atoms with Crippen molar-refractivity contribution < 1.29 is 4.74 Å². The second kappa shape index (κ2) is 4.83. The highest BCUT2D eigenvalue weighted by molar-refractivity contribution is 14.1. The van der Waals surface area contributed by atoms with Crippen LogP contribution in [-0.4, -0.2) is 23.2 Å². The van der Waals surface area contributed by atoms with Crippen molar-refractivity contribution in [3.8, 4) is 0 Å². The molecule has 1 aliphatic carbocycles. The third-order valence-corrected chi connectivity index (χ3v) is 3.89. The summed E-state index contributed by atoms with van der Waals surface area (Å²) < 4.78 is 6.24. The molecule has 1 atom stereocenters. The normalized spacial score (nSPS) is 17.4. The first kappa shape index (κ1) is 12.0. The molecular weight excluding hydrogens is 317 g/mol. The van der Waals surface area contributed by atoms with Gasteiger partial charge in [-0.15, -0.1) is 0 Å². The average molecular weight is 333 g/mol. The van der Waals surface area contributed by atoms with Crippen molar-refractivity contribution in [3.63, 3.8) is 0 Å². The van der Waals surface area contributed by atoms with Gasteiger partial charge in [-0.1, -0.05) is 0 Å². The molecule has 1 aromatic rings. The summed E-state index contributed by atoms with van der Waals surface area (Å²) in [7, 11) is 1.70. The summed E-state index contributed by atoms with van der Waals surface area (Å²) in [5, 5.41) is 0. The van der Waals surface area contributed by atoms with Crippen molar-refractivity contribution in [3.05, 3.63) is 15.1 Å². The van der Waals surface area contributed by atoms with Crippen LogP contribution >= 0.6 is 22.6 Å². The van der Waals surface area contributed by atoms with Gasteiger partial charge < -0.3 is 10.5 Å². The smallest absolute Gasteiger partial charge is 0.140 e. The predicted molar refractivity (Wildman–Crippen MR) is 71.3 cm³/mol. The number of aromatic nitrogens is 2. The topological polar surface area (TPSA) is 61.0 Å². The van der Waals surface area contributed by atoms with Gasteiger partial charge in [-0.25, -0.2) is 9.97 Å². The van der Waals surface area contributed by atoms with Crippen LogP contribution < -0.4 is 5.73 Å². The minimum absolute atomic E-state index is 0.131. The van der Waals surface area contributed by atoms with Gasteiger partial charge in [0.05, 0.1) is 15.4 Å². The molecular formula is C11H16IN3O. The van der Waals surface area contributed by atoms with Crippen LogP contribution in [0.5, 0.6) is 0 Å². The summed E-state index contributed by atoms with van der Waals surface area (Å²) in [6.07, 6.45) is 3.31. The van der Waals surface area contributed by atoms with E-state index in [9.17, 15) is 0 Å². The zero-order valence-electron chi connectivity index (χ0n) is 9.53. The Kier molecular flexibility index (Phi) is 3.63. The largest absolute Gasteiger partial charge is 0.383 e. The minimum atomic E-state index is 0.131. The van der Waals surface area contributed by atoms with Crippen LogP contribution in [0.1, 0.15) is 37.2 Å². The summed E-state index contributed by atoms with van der Waals surface area (Å²) >= 11 is 2.24. The molecule has 88 valence electrons. The highest BCUT2D eigenvalue weighted by Gasteiger charge is 2.29. The monoisotopic (exact) mass is 333 g/mol. The third kappa shape index (κ3) is 2.63. The Morgan fingerprint density at radius 1 is 1.50 bits per heavy atom. The fraction of sp³-hybridized carbons (Fsp3) is 0.636. The molecule has 1 heterocycles. The molecule has 1 fully saturated rings. The number of nitrogen functional groups attached to an aromatic ring is 1. The van der Waals surface area contributed by atoms with E-state index < -0.39 is 0 Å². The number of hydrogen-bond donors (Lipinski definition) is 1. The first-order valence-corrected chi connectivity index (χ1v) is 6.54. The maximum absolute atomic E-state index is 5.90. The highest BCUT2D eigenvalue weighted by Crippen LogP contribution is 2.41. The molecule has 0 saturated heterocycles. The lowest BCUT2D eigenvalue weighted by molar-refractivity contribution is 0.117. The Hall–Kier alpha value is -0.430. The van der Waals surface area contributed by atoms with Gasteiger partial charge in [-0.2, -0.15) is 0 Å². The molecule has 1 unspecified atom stereocenters. The Morgan fingerprint density at radius 2 is 2.19 bits per heavy atom. The van der Waals surface area contributed by atoms with Crippen molar-refractivity contribution in [1.82, 2.24) is 9.97 Å². The summed E-state index contributed by atoms with van der Waals surface area (Å²) in [6.45, 7) is 2.01. The van der Waals surface area contributed by atoms with E-state index >= 15 is 0 Å². The maximum Gasteiger partial charge on any atom is 0.140 e. The molecule has 0 bridgehead atoms. The van der Waals surface area contributed by atoms with Gasteiger partial charge >= 0.3 is 0 Å². The van der Waals surface area contributed by atoms with Crippen molar-refractivity contribution in [2.45, 2.75) is 38.2 Å². The van der Waals surface area contributed by atoms with Crippen LogP contribution in [0, 0.1) is 3.57 Å². The van der Waals surface area contributed by atoms with Gasteiger partial charge in [0.1, 0.15) is 11.6 Å². The Balaban J connectivity index is 2.25. The molecule has 16 heavy (non-hydrogen) atoms. The maximum atomic E-state index is 5.90. The number of nitrogens with two attached hydrogens (primary N) is 1. The first-order valence-electron chi connectivity index (χ1n) is 5.46. The quantitative estimate of drug-likeness (QED) is 0.858. The molecule has 0 spiro atoms. The second-order valence-corrected chi connectivity index (χ2v) is 5.33. The summed E-state index contributed by atoms with van der Waals surface area (Å²) in [5.74, 6) is 2.01. The molecule has 1 aliphatic rings. The molecule has 0 amide bonds. The van der Waals surface area contributed by atoms with Gasteiger partial charge in [0.15, 0.2) is 0 Å². The molecule has 0 radical (unpaired) electrons. The van der Waals surface area contributed by atoms with Crippen LogP contribution in [0.4, 0.5) is 5.82 Å². The zero-order chi connectivity index (χ0) is 11.7. The fourth-order valence-electron chi connectivity index (χ4n) is 1.59. The summed E-state index contributed by atoms with van der Waals surface area (Å²) in [6, 6.07) is 0. The number of hydrogen-bond acceptors (Lipinski definition) is 4. The zero-order valence-corrected chi connectivity index (χ0v) is 11.7. The summed E-state index contributed by atoms with van der Waals surface area (Å²) in [5.41, 5.74) is 7.04. The number of halogens is 1. The Labute approximate surface area is 109 Å². The number of anilines is 1. The molecule has 0 aliphatic heterocycles. The Morgan fingerprint density at radius 3 is 2.75 bits per heavy atom. The van der Waals surface area contributed by atoms with E-state index in [1.807, 2.05) is 6.92 Å². The first-order chi connectivity index (χ1) is 7.61. The highest BCUT2D eigenvalue weighted by atomic mass is 127. The minimum Gasteiger partial charge on any atom is -0.383 e. The van der Waals surface area contributed by atoms with Crippen molar-refractivity contribution in [2.75, 3.05) is 12.8 Å². The van der Waals surface area contributed by atoms with Gasteiger partial charge in [0.25, 0.3) is 0 Å². The molecule has 5 heteroatoms. The SMILES string of the molecule is COC(C)Cc1nc(N)c(I)c(C2CC2)n1. The molecule has 4 nitrogen and oxygen atoms in total.